The highest BCUT2D eigenvalue weighted by Crippen LogP contribution is 2.42. The monoisotopic (exact) mass is 766 g/mol. The smallest absolute Gasteiger partial charge is 0.329 e. The average molecular weight is 767 g/mol. The molecular weight excluding hydrogens is 704 g/mol. The second-order valence-corrected chi connectivity index (χ2v) is 16.0. The third-order valence-electron chi connectivity index (χ3n) is 11.0. The molecule has 0 radical (unpaired) electrons. The Kier molecular flexibility index (Phi) is 15.8. The zero-order valence-corrected chi connectivity index (χ0v) is 33.8. The minimum absolute atomic E-state index is 0.128. The number of aliphatic hydroxyl groups excluding tert-OH is 1. The molecule has 0 unspecified atom stereocenters. The Hall–Kier alpha value is -4.52. The normalized spacial score (nSPS) is 22.8. The van der Waals surface area contributed by atoms with Gasteiger partial charge in [0.2, 0.25) is 23.6 Å². The van der Waals surface area contributed by atoms with Gasteiger partial charge in [-0.05, 0) is 82.6 Å². The first-order valence-corrected chi connectivity index (χ1v) is 19.4. The molecule has 5 rings (SSSR count). The van der Waals surface area contributed by atoms with Crippen molar-refractivity contribution in [3.63, 3.8) is 0 Å². The van der Waals surface area contributed by atoms with Crippen molar-refractivity contribution in [3.8, 4) is 0 Å². The molecule has 1 aromatic rings. The van der Waals surface area contributed by atoms with E-state index in [0.29, 0.717) is 75.9 Å². The number of carboxylic acids is 1. The van der Waals surface area contributed by atoms with Crippen LogP contribution in [0.1, 0.15) is 98.5 Å². The molecule has 4 amide bonds. The van der Waals surface area contributed by atoms with E-state index < -0.39 is 29.1 Å². The number of aliphatic carboxylic acids is 1. The summed E-state index contributed by atoms with van der Waals surface area (Å²) in [6.45, 7) is 20.8. The van der Waals surface area contributed by atoms with Gasteiger partial charge in [-0.1, -0.05) is 71.2 Å². The van der Waals surface area contributed by atoms with E-state index in [1.165, 1.54) is 4.90 Å². The lowest BCUT2D eigenvalue weighted by Crippen LogP contribution is -2.55. The van der Waals surface area contributed by atoms with Gasteiger partial charge < -0.3 is 34.5 Å². The van der Waals surface area contributed by atoms with E-state index in [-0.39, 0.29) is 48.0 Å². The van der Waals surface area contributed by atoms with Gasteiger partial charge in [0.15, 0.2) is 0 Å². The number of hydrogen-bond donors (Lipinski definition) is 2. The zero-order chi connectivity index (χ0) is 41.2. The van der Waals surface area contributed by atoms with Crippen LogP contribution >= 0.6 is 0 Å². The number of esters is 1. The van der Waals surface area contributed by atoms with Crippen LogP contribution in [-0.2, 0) is 40.1 Å². The van der Waals surface area contributed by atoms with Crippen molar-refractivity contribution >= 4 is 35.6 Å². The predicted molar refractivity (Wildman–Crippen MR) is 208 cm³/mol. The lowest BCUT2D eigenvalue weighted by molar-refractivity contribution is -0.158. The van der Waals surface area contributed by atoms with Gasteiger partial charge in [-0.25, -0.2) is 9.59 Å². The molecule has 4 heterocycles. The fraction of sp³-hybridized carbons (Fsp3) is 0.619. The first-order chi connectivity index (χ1) is 26.0. The topological polar surface area (TPSA) is 165 Å². The van der Waals surface area contributed by atoms with Crippen molar-refractivity contribution in [3.05, 3.63) is 60.2 Å². The second kappa shape index (κ2) is 19.4. The van der Waals surface area contributed by atoms with Crippen molar-refractivity contribution in [2.24, 2.45) is 11.8 Å². The van der Waals surface area contributed by atoms with E-state index in [1.807, 2.05) is 58.0 Å². The highest BCUT2D eigenvalue weighted by Gasteiger charge is 2.58. The van der Waals surface area contributed by atoms with E-state index in [9.17, 15) is 33.9 Å². The van der Waals surface area contributed by atoms with Gasteiger partial charge in [-0.3, -0.25) is 19.2 Å². The molecule has 55 heavy (non-hydrogen) atoms. The quantitative estimate of drug-likeness (QED) is 0.229. The molecule has 4 aliphatic rings. The van der Waals surface area contributed by atoms with Crippen LogP contribution in [0.15, 0.2) is 54.6 Å². The fourth-order valence-corrected chi connectivity index (χ4v) is 8.36. The van der Waals surface area contributed by atoms with E-state index in [4.69, 9.17) is 9.84 Å². The Morgan fingerprint density at radius 3 is 1.53 bits per heavy atom. The minimum atomic E-state index is -0.972. The van der Waals surface area contributed by atoms with Crippen LogP contribution < -0.4 is 0 Å². The van der Waals surface area contributed by atoms with Gasteiger partial charge in [0, 0.05) is 44.4 Å². The van der Waals surface area contributed by atoms with Crippen LogP contribution in [0.4, 0.5) is 0 Å². The SMILES string of the molecule is C=C(C)C(=O)N1CCC[C@]12CCN([C@H](CC(C)C)C(=O)O)C2=O.C=C(C)C(=O)N1CCC[C@]12CCN([C@H](CC(C)C)C(=O)OCc1ccccc1)C2=O.CO. The fourth-order valence-electron chi connectivity index (χ4n) is 8.36. The van der Waals surface area contributed by atoms with Gasteiger partial charge >= 0.3 is 11.9 Å². The molecule has 0 aliphatic carbocycles. The lowest BCUT2D eigenvalue weighted by atomic mass is 9.93. The number of ether oxygens (including phenoxy) is 1. The molecule has 4 atom stereocenters. The van der Waals surface area contributed by atoms with Crippen LogP contribution in [0, 0.1) is 11.8 Å². The largest absolute Gasteiger partial charge is 0.480 e. The minimum Gasteiger partial charge on any atom is -0.480 e. The summed E-state index contributed by atoms with van der Waals surface area (Å²) < 4.78 is 5.59. The lowest BCUT2D eigenvalue weighted by Gasteiger charge is -2.35. The molecule has 4 saturated heterocycles. The van der Waals surface area contributed by atoms with Crippen molar-refractivity contribution < 1.29 is 43.7 Å². The number of carbonyl (C=O) groups is 6. The summed E-state index contributed by atoms with van der Waals surface area (Å²) in [7, 11) is 1.00. The summed E-state index contributed by atoms with van der Waals surface area (Å²) in [5.74, 6) is -1.66. The molecular formula is C42H62N4O9. The molecule has 2 spiro atoms. The Labute approximate surface area is 326 Å². The van der Waals surface area contributed by atoms with Crippen LogP contribution in [-0.4, -0.2) is 122 Å². The molecule has 13 nitrogen and oxygen atoms in total. The number of rotatable bonds is 12. The summed E-state index contributed by atoms with van der Waals surface area (Å²) in [6.07, 6.45) is 4.80. The first-order valence-electron chi connectivity index (χ1n) is 19.4. The predicted octanol–water partition coefficient (Wildman–Crippen LogP) is 4.58. The summed E-state index contributed by atoms with van der Waals surface area (Å²) in [4.78, 5) is 82.7. The van der Waals surface area contributed by atoms with E-state index in [2.05, 4.69) is 13.2 Å². The van der Waals surface area contributed by atoms with E-state index in [0.717, 1.165) is 25.5 Å². The molecule has 4 aliphatic heterocycles. The Balaban J connectivity index is 0.000000292. The third-order valence-corrected chi connectivity index (χ3v) is 11.0. The Bertz CT molecular complexity index is 1590. The van der Waals surface area contributed by atoms with Gasteiger partial charge in [0.25, 0.3) is 0 Å². The van der Waals surface area contributed by atoms with Crippen molar-refractivity contribution in [2.75, 3.05) is 33.3 Å². The van der Waals surface area contributed by atoms with Crippen LogP contribution in [0.2, 0.25) is 0 Å². The van der Waals surface area contributed by atoms with E-state index >= 15 is 0 Å². The molecule has 0 saturated carbocycles. The number of hydrogen-bond acceptors (Lipinski definition) is 8. The zero-order valence-electron chi connectivity index (χ0n) is 33.8. The van der Waals surface area contributed by atoms with Gasteiger partial charge in [-0.15, -0.1) is 0 Å². The highest BCUT2D eigenvalue weighted by molar-refractivity contribution is 6.01. The standard InChI is InChI=1S/C24H32N2O4.C17H26N2O4.CH4O/c1-17(2)15-20(22(28)30-16-19-9-6-5-7-10-19)25-14-12-24(23(25)29)11-8-13-26(24)21(27)18(3)4;1-11(2)10-13(15(21)22)18-9-7-17(16(18)23)6-5-8-19(17)14(20)12(3)4;1-2/h5-7,9-10,17,20H,3,8,11-16H2,1-2,4H3;11,13H,3,5-10H2,1-2,4H3,(H,21,22);2H,1H3/t20-,24-;13-,17-;/m11./s1. The maximum Gasteiger partial charge on any atom is 0.329 e. The van der Waals surface area contributed by atoms with Gasteiger partial charge in [0.05, 0.1) is 0 Å². The molecule has 4 fully saturated rings. The summed E-state index contributed by atoms with van der Waals surface area (Å²) in [5.41, 5.74) is 0.0523. The van der Waals surface area contributed by atoms with Crippen molar-refractivity contribution in [1.29, 1.82) is 0 Å². The number of likely N-dealkylation sites (tertiary alicyclic amines) is 4. The molecule has 304 valence electrons. The molecule has 13 heteroatoms. The first kappa shape index (κ1) is 44.9. The Morgan fingerprint density at radius 1 is 0.709 bits per heavy atom. The maximum atomic E-state index is 13.6. The summed E-state index contributed by atoms with van der Waals surface area (Å²) >= 11 is 0. The number of benzene rings is 1. The third kappa shape index (κ3) is 9.84. The molecule has 0 bridgehead atoms. The van der Waals surface area contributed by atoms with Crippen molar-refractivity contribution in [2.45, 2.75) is 123 Å². The molecule has 0 aromatic heterocycles. The van der Waals surface area contributed by atoms with Gasteiger partial charge in [-0.2, -0.15) is 0 Å². The van der Waals surface area contributed by atoms with Crippen LogP contribution in [0.3, 0.4) is 0 Å². The van der Waals surface area contributed by atoms with Crippen molar-refractivity contribution in [1.82, 2.24) is 19.6 Å². The Morgan fingerprint density at radius 2 is 1.13 bits per heavy atom. The maximum absolute atomic E-state index is 13.6. The highest BCUT2D eigenvalue weighted by atomic mass is 16.5. The summed E-state index contributed by atoms with van der Waals surface area (Å²) in [5, 5.41) is 16.5. The van der Waals surface area contributed by atoms with Gasteiger partial charge in [0.1, 0.15) is 29.8 Å². The summed E-state index contributed by atoms with van der Waals surface area (Å²) in [6, 6.07) is 8.06. The molecule has 2 N–H and O–H groups in total. The average Bonchev–Trinajstić information content (AvgIpc) is 3.93. The number of carboxylic acid groups (broad SMARTS) is 1. The van der Waals surface area contributed by atoms with E-state index in [1.54, 1.807) is 28.5 Å². The number of aliphatic hydroxyl groups is 1. The number of nitrogens with zero attached hydrogens (tertiary/aromatic N) is 4. The van der Waals surface area contributed by atoms with Crippen LogP contribution in [0.5, 0.6) is 0 Å². The second-order valence-electron chi connectivity index (χ2n) is 16.0. The van der Waals surface area contributed by atoms with Crippen LogP contribution in [0.25, 0.3) is 0 Å². The molecule has 1 aromatic carbocycles. The number of amides is 4. The number of carbonyl (C=O) groups excluding carboxylic acids is 5.